The van der Waals surface area contributed by atoms with E-state index in [1.54, 1.807) is 6.92 Å². The summed E-state index contributed by atoms with van der Waals surface area (Å²) in [5, 5.41) is 29.8. The third kappa shape index (κ3) is 5.51. The molecule has 2 aromatic carbocycles. The Bertz CT molecular complexity index is 779. The minimum absolute atomic E-state index is 0.00532. The molecule has 0 unspecified atom stereocenters. The van der Waals surface area contributed by atoms with Gasteiger partial charge in [-0.3, -0.25) is 20.2 Å². The summed E-state index contributed by atoms with van der Waals surface area (Å²) in [5.41, 5.74) is -0.164. The Morgan fingerprint density at radius 2 is 1.38 bits per heavy atom. The van der Waals surface area contributed by atoms with Crippen LogP contribution in [0.25, 0.3) is 0 Å². The van der Waals surface area contributed by atoms with Gasteiger partial charge in [-0.2, -0.15) is 0 Å². The molecule has 0 aliphatic carbocycles. The molecule has 10 heteroatoms. The SMILES string of the molecule is CCOc1cc([N+](=O)[O-])ccc1OC.COc1ccc([N+](=O)[O-])cc1O. The number of nitro benzene ring substituents is 2. The Hall–Kier alpha value is -3.56. The van der Waals surface area contributed by atoms with E-state index in [1.165, 1.54) is 44.6 Å². The van der Waals surface area contributed by atoms with Crippen LogP contribution < -0.4 is 14.2 Å². The zero-order chi connectivity index (χ0) is 19.7. The van der Waals surface area contributed by atoms with Crippen molar-refractivity contribution in [3.05, 3.63) is 56.6 Å². The van der Waals surface area contributed by atoms with Gasteiger partial charge < -0.3 is 19.3 Å². The smallest absolute Gasteiger partial charge is 0.273 e. The van der Waals surface area contributed by atoms with E-state index in [0.717, 1.165) is 6.07 Å². The summed E-state index contributed by atoms with van der Waals surface area (Å²) in [6, 6.07) is 7.89. The predicted molar refractivity (Wildman–Crippen MR) is 92.1 cm³/mol. The van der Waals surface area contributed by atoms with Crippen LogP contribution in [-0.4, -0.2) is 35.8 Å². The molecule has 0 saturated carbocycles. The van der Waals surface area contributed by atoms with Crippen molar-refractivity contribution >= 4 is 11.4 Å². The van der Waals surface area contributed by atoms with Crippen LogP contribution in [-0.2, 0) is 0 Å². The van der Waals surface area contributed by atoms with E-state index in [9.17, 15) is 20.2 Å². The number of hydrogen-bond acceptors (Lipinski definition) is 8. The van der Waals surface area contributed by atoms with Crippen LogP contribution >= 0.6 is 0 Å². The molecule has 1 N–H and O–H groups in total. The molecule has 0 fully saturated rings. The number of nitro groups is 2. The van der Waals surface area contributed by atoms with E-state index in [4.69, 9.17) is 19.3 Å². The fraction of sp³-hybridized carbons (Fsp3) is 0.250. The van der Waals surface area contributed by atoms with Gasteiger partial charge in [-0.15, -0.1) is 0 Å². The van der Waals surface area contributed by atoms with Gasteiger partial charge in [0.05, 0.1) is 42.8 Å². The Morgan fingerprint density at radius 3 is 1.81 bits per heavy atom. The van der Waals surface area contributed by atoms with Gasteiger partial charge in [-0.25, -0.2) is 0 Å². The molecule has 0 aromatic heterocycles. The third-order valence-electron chi connectivity index (χ3n) is 3.03. The molecule has 0 spiro atoms. The number of phenolic OH excluding ortho intramolecular Hbond substituents is 1. The van der Waals surface area contributed by atoms with Crippen molar-refractivity contribution in [1.29, 1.82) is 0 Å². The standard InChI is InChI=1S/C9H11NO4.C7H7NO4/c1-3-14-9-6-7(10(11)12)4-5-8(9)13-2;1-12-7-3-2-5(8(10)11)4-6(7)9/h4-6H,3H2,1-2H3;2-4,9H,1H3. The predicted octanol–water partition coefficient (Wildman–Crippen LogP) is 3.31. The first-order chi connectivity index (χ1) is 12.3. The first kappa shape index (κ1) is 20.5. The Balaban J connectivity index is 0.000000263. The Kier molecular flexibility index (Phi) is 7.62. The molecule has 0 atom stereocenters. The highest BCUT2D eigenvalue weighted by Gasteiger charge is 2.11. The molecule has 140 valence electrons. The molecule has 0 aliphatic rings. The molecular formula is C16H18N2O8. The zero-order valence-corrected chi connectivity index (χ0v) is 14.4. The summed E-state index contributed by atoms with van der Waals surface area (Å²) in [4.78, 5) is 19.6. The first-order valence-electron chi connectivity index (χ1n) is 7.30. The van der Waals surface area contributed by atoms with Crippen molar-refractivity contribution in [2.75, 3.05) is 20.8 Å². The van der Waals surface area contributed by atoms with E-state index < -0.39 is 9.85 Å². The lowest BCUT2D eigenvalue weighted by Crippen LogP contribution is -1.96. The minimum atomic E-state index is -0.584. The topological polar surface area (TPSA) is 134 Å². The van der Waals surface area contributed by atoms with Gasteiger partial charge >= 0.3 is 0 Å². The zero-order valence-electron chi connectivity index (χ0n) is 14.4. The number of nitrogens with zero attached hydrogens (tertiary/aromatic N) is 2. The second-order valence-corrected chi connectivity index (χ2v) is 4.64. The first-order valence-corrected chi connectivity index (χ1v) is 7.30. The lowest BCUT2D eigenvalue weighted by molar-refractivity contribution is -0.385. The average Bonchev–Trinajstić information content (AvgIpc) is 2.62. The van der Waals surface area contributed by atoms with Crippen LogP contribution in [0.2, 0.25) is 0 Å². The highest BCUT2D eigenvalue weighted by atomic mass is 16.6. The number of hydrogen-bond donors (Lipinski definition) is 1. The molecule has 0 aliphatic heterocycles. The highest BCUT2D eigenvalue weighted by molar-refractivity contribution is 5.48. The minimum Gasteiger partial charge on any atom is -0.504 e. The summed E-state index contributed by atoms with van der Waals surface area (Å²) < 4.78 is 14.9. The second kappa shape index (κ2) is 9.67. The van der Waals surface area contributed by atoms with E-state index >= 15 is 0 Å². The second-order valence-electron chi connectivity index (χ2n) is 4.64. The number of aromatic hydroxyl groups is 1. The van der Waals surface area contributed by atoms with Crippen LogP contribution in [0.1, 0.15) is 6.92 Å². The molecule has 0 amide bonds. The maximum absolute atomic E-state index is 10.5. The van der Waals surface area contributed by atoms with E-state index in [0.29, 0.717) is 18.1 Å². The van der Waals surface area contributed by atoms with Gasteiger partial charge in [-0.05, 0) is 19.1 Å². The lowest BCUT2D eigenvalue weighted by Gasteiger charge is -2.07. The van der Waals surface area contributed by atoms with Crippen molar-refractivity contribution in [1.82, 2.24) is 0 Å². The van der Waals surface area contributed by atoms with Gasteiger partial charge in [0, 0.05) is 12.1 Å². The lowest BCUT2D eigenvalue weighted by atomic mass is 10.3. The molecule has 0 saturated heterocycles. The summed E-state index contributed by atoms with van der Waals surface area (Å²) in [7, 11) is 2.87. The van der Waals surface area contributed by atoms with E-state index in [1.807, 2.05) is 0 Å². The molecule has 2 rings (SSSR count). The van der Waals surface area contributed by atoms with E-state index in [-0.39, 0.29) is 22.9 Å². The Labute approximate surface area is 148 Å². The summed E-state index contributed by atoms with van der Waals surface area (Å²) in [6.45, 7) is 2.25. The number of methoxy groups -OCH3 is 2. The van der Waals surface area contributed by atoms with Gasteiger partial charge in [0.25, 0.3) is 11.4 Å². The van der Waals surface area contributed by atoms with Crippen LogP contribution in [0.3, 0.4) is 0 Å². The molecule has 0 heterocycles. The summed E-state index contributed by atoms with van der Waals surface area (Å²) in [6.07, 6.45) is 0. The third-order valence-corrected chi connectivity index (χ3v) is 3.03. The number of rotatable bonds is 6. The highest BCUT2D eigenvalue weighted by Crippen LogP contribution is 2.31. The summed E-state index contributed by atoms with van der Waals surface area (Å²) >= 11 is 0. The number of non-ortho nitro benzene ring substituents is 2. The fourth-order valence-electron chi connectivity index (χ4n) is 1.84. The van der Waals surface area contributed by atoms with E-state index in [2.05, 4.69) is 0 Å². The molecule has 26 heavy (non-hydrogen) atoms. The van der Waals surface area contributed by atoms with Crippen LogP contribution in [0.15, 0.2) is 36.4 Å². The molecule has 10 nitrogen and oxygen atoms in total. The fourth-order valence-corrected chi connectivity index (χ4v) is 1.84. The van der Waals surface area contributed by atoms with Gasteiger partial charge in [0.1, 0.15) is 0 Å². The monoisotopic (exact) mass is 366 g/mol. The number of benzene rings is 2. The maximum Gasteiger partial charge on any atom is 0.273 e. The molecule has 0 bridgehead atoms. The van der Waals surface area contributed by atoms with Crippen molar-refractivity contribution in [3.8, 4) is 23.0 Å². The average molecular weight is 366 g/mol. The normalized spacial score (nSPS) is 9.50. The summed E-state index contributed by atoms with van der Waals surface area (Å²) in [5.74, 6) is 0.883. The quantitative estimate of drug-likeness (QED) is 0.608. The van der Waals surface area contributed by atoms with Crippen molar-refractivity contribution < 1.29 is 29.2 Å². The molecule has 2 aromatic rings. The van der Waals surface area contributed by atoms with Gasteiger partial charge in [0.2, 0.25) is 0 Å². The largest absolute Gasteiger partial charge is 0.504 e. The van der Waals surface area contributed by atoms with Crippen molar-refractivity contribution in [3.63, 3.8) is 0 Å². The van der Waals surface area contributed by atoms with Crippen LogP contribution in [0, 0.1) is 20.2 Å². The van der Waals surface area contributed by atoms with Crippen LogP contribution in [0.4, 0.5) is 11.4 Å². The Morgan fingerprint density at radius 1 is 0.885 bits per heavy atom. The molecular weight excluding hydrogens is 348 g/mol. The van der Waals surface area contributed by atoms with Gasteiger partial charge in [-0.1, -0.05) is 0 Å². The number of ether oxygens (including phenoxy) is 3. The number of phenols is 1. The van der Waals surface area contributed by atoms with Crippen LogP contribution in [0.5, 0.6) is 23.0 Å². The van der Waals surface area contributed by atoms with Gasteiger partial charge in [0.15, 0.2) is 23.0 Å². The molecule has 0 radical (unpaired) electrons. The van der Waals surface area contributed by atoms with Crippen molar-refractivity contribution in [2.45, 2.75) is 6.92 Å². The van der Waals surface area contributed by atoms with Crippen molar-refractivity contribution in [2.24, 2.45) is 0 Å². The maximum atomic E-state index is 10.5.